The number of nitrogens with one attached hydrogen (secondary N) is 3. The maximum atomic E-state index is 13.3. The van der Waals surface area contributed by atoms with E-state index in [4.69, 9.17) is 10.5 Å². The predicted molar refractivity (Wildman–Crippen MR) is 153 cm³/mol. The van der Waals surface area contributed by atoms with E-state index in [9.17, 15) is 22.8 Å². The quantitative estimate of drug-likeness (QED) is 0.211. The number of nitrogens with zero attached hydrogens (tertiary/aromatic N) is 2. The minimum Gasteiger partial charge on any atom is -0.397 e. The molecule has 3 aromatic rings. The normalized spacial score (nSPS) is 19.2. The zero-order valence-electron chi connectivity index (χ0n) is 22.6. The molecule has 42 heavy (non-hydrogen) atoms. The summed E-state index contributed by atoms with van der Waals surface area (Å²) in [7, 11) is 0. The Morgan fingerprint density at radius 2 is 1.88 bits per heavy atom. The Kier molecular flexibility index (Phi) is 8.86. The Balaban J connectivity index is 1.25. The van der Waals surface area contributed by atoms with Crippen molar-refractivity contribution in [2.24, 2.45) is 0 Å². The highest BCUT2D eigenvalue weighted by molar-refractivity contribution is 6.03. The van der Waals surface area contributed by atoms with Gasteiger partial charge in [0.2, 0.25) is 11.8 Å². The molecule has 1 aromatic heterocycles. The number of alkyl halides is 3. The molecule has 0 radical (unpaired) electrons. The van der Waals surface area contributed by atoms with Crippen LogP contribution in [0.5, 0.6) is 0 Å². The molecule has 0 saturated carbocycles. The van der Waals surface area contributed by atoms with Gasteiger partial charge in [0.1, 0.15) is 11.7 Å². The van der Waals surface area contributed by atoms with Crippen LogP contribution in [0.25, 0.3) is 6.08 Å². The third kappa shape index (κ3) is 7.32. The van der Waals surface area contributed by atoms with Crippen LogP contribution in [0.4, 0.5) is 30.2 Å². The lowest BCUT2D eigenvalue weighted by atomic mass is 10.0. The standard InChI is InChI=1S/C30H31F3N6O3/c31-30(32,33)26-11-10-21(16-36-26)37-29(41)28(35-13-14-39-17-23-15-22(39)18-42-23)20-8-5-19(6-9-20)7-12-27(40)38-25-4-2-1-3-24(25)34/h1-12,16,22-23,28,35H,13-15,17-18,34H2,(H,37,41)(H,38,40)/t22?,23?,28-/m0/s1. The fraction of sp³-hybridized carbons (Fsp3) is 0.300. The molecule has 2 fully saturated rings. The number of para-hydroxylation sites is 2. The highest BCUT2D eigenvalue weighted by atomic mass is 19.4. The number of pyridine rings is 1. The first kappa shape index (κ1) is 29.2. The molecule has 2 bridgehead atoms. The van der Waals surface area contributed by atoms with Crippen molar-refractivity contribution in [1.82, 2.24) is 15.2 Å². The molecule has 2 aliphatic heterocycles. The monoisotopic (exact) mass is 580 g/mol. The number of carbonyl (C=O) groups is 2. The number of rotatable bonds is 10. The number of amides is 2. The second-order valence-electron chi connectivity index (χ2n) is 10.2. The average molecular weight is 581 g/mol. The Hall–Kier alpha value is -4.26. The highest BCUT2D eigenvalue weighted by Gasteiger charge is 2.38. The number of halogens is 3. The highest BCUT2D eigenvalue weighted by Crippen LogP contribution is 2.29. The van der Waals surface area contributed by atoms with Crippen LogP contribution < -0.4 is 21.7 Å². The lowest BCUT2D eigenvalue weighted by Crippen LogP contribution is -2.43. The number of nitrogens with two attached hydrogens (primary N) is 1. The van der Waals surface area contributed by atoms with Crippen molar-refractivity contribution in [2.45, 2.75) is 30.8 Å². The van der Waals surface area contributed by atoms with Crippen molar-refractivity contribution in [3.63, 3.8) is 0 Å². The summed E-state index contributed by atoms with van der Waals surface area (Å²) in [5.41, 5.74) is 7.33. The fourth-order valence-electron chi connectivity index (χ4n) is 5.07. The number of morpholine rings is 1. The summed E-state index contributed by atoms with van der Waals surface area (Å²) in [4.78, 5) is 31.4. The maximum Gasteiger partial charge on any atom is 0.433 e. The molecule has 12 heteroatoms. The first-order valence-corrected chi connectivity index (χ1v) is 13.5. The number of hydrogen-bond acceptors (Lipinski definition) is 7. The molecule has 5 N–H and O–H groups in total. The molecular weight excluding hydrogens is 549 g/mol. The SMILES string of the molecule is Nc1ccccc1NC(=O)C=Cc1ccc([C@H](NCCN2CC3CC2CO3)C(=O)Nc2ccc(C(F)(F)F)nc2)cc1. The largest absolute Gasteiger partial charge is 0.433 e. The van der Waals surface area contributed by atoms with Gasteiger partial charge in [0.15, 0.2) is 0 Å². The number of hydrogen-bond donors (Lipinski definition) is 4. The summed E-state index contributed by atoms with van der Waals surface area (Å²) in [6.45, 7) is 2.79. The van der Waals surface area contributed by atoms with Crippen LogP contribution in [-0.4, -0.2) is 60.1 Å². The average Bonchev–Trinajstić information content (AvgIpc) is 3.59. The fourth-order valence-corrected chi connectivity index (χ4v) is 5.07. The topological polar surface area (TPSA) is 122 Å². The van der Waals surface area contributed by atoms with Crippen molar-refractivity contribution < 1.29 is 27.5 Å². The summed E-state index contributed by atoms with van der Waals surface area (Å²) in [5.74, 6) is -0.784. The molecule has 2 aromatic carbocycles. The summed E-state index contributed by atoms with van der Waals surface area (Å²) in [6, 6.07) is 15.6. The zero-order chi connectivity index (χ0) is 29.7. The summed E-state index contributed by atoms with van der Waals surface area (Å²) >= 11 is 0. The molecule has 2 saturated heterocycles. The number of anilines is 3. The molecule has 3 heterocycles. The van der Waals surface area contributed by atoms with Gasteiger partial charge in [-0.25, -0.2) is 4.98 Å². The van der Waals surface area contributed by atoms with Crippen molar-refractivity contribution in [3.8, 4) is 0 Å². The third-order valence-electron chi connectivity index (χ3n) is 7.26. The van der Waals surface area contributed by atoms with Gasteiger partial charge in [0, 0.05) is 31.8 Å². The Bertz CT molecular complexity index is 1430. The number of aromatic nitrogens is 1. The number of carbonyl (C=O) groups excluding carboxylic acids is 2. The first-order valence-electron chi connectivity index (χ1n) is 13.5. The second-order valence-corrected chi connectivity index (χ2v) is 10.2. The predicted octanol–water partition coefficient (Wildman–Crippen LogP) is 4.08. The van der Waals surface area contributed by atoms with Gasteiger partial charge in [0.25, 0.3) is 0 Å². The van der Waals surface area contributed by atoms with E-state index in [0.717, 1.165) is 37.3 Å². The minimum atomic E-state index is -4.57. The van der Waals surface area contributed by atoms with Gasteiger partial charge < -0.3 is 26.4 Å². The van der Waals surface area contributed by atoms with Gasteiger partial charge in [-0.15, -0.1) is 0 Å². The lowest BCUT2D eigenvalue weighted by Gasteiger charge is -2.27. The molecule has 0 aliphatic carbocycles. The first-order chi connectivity index (χ1) is 20.2. The van der Waals surface area contributed by atoms with Crippen molar-refractivity contribution in [1.29, 1.82) is 0 Å². The van der Waals surface area contributed by atoms with Crippen molar-refractivity contribution in [3.05, 3.63) is 89.8 Å². The van der Waals surface area contributed by atoms with Crippen LogP contribution in [0.15, 0.2) is 72.9 Å². The van der Waals surface area contributed by atoms with Gasteiger partial charge in [-0.05, 0) is 47.9 Å². The van der Waals surface area contributed by atoms with Gasteiger partial charge in [-0.2, -0.15) is 13.2 Å². The van der Waals surface area contributed by atoms with Gasteiger partial charge in [-0.3, -0.25) is 14.5 Å². The Labute approximate surface area is 240 Å². The second kappa shape index (κ2) is 12.7. The third-order valence-corrected chi connectivity index (χ3v) is 7.26. The number of nitrogen functional groups attached to an aromatic ring is 1. The molecule has 3 atom stereocenters. The Morgan fingerprint density at radius 3 is 2.52 bits per heavy atom. The molecule has 2 amide bonds. The van der Waals surface area contributed by atoms with E-state index >= 15 is 0 Å². The molecule has 2 aliphatic rings. The molecule has 0 spiro atoms. The van der Waals surface area contributed by atoms with E-state index in [-0.39, 0.29) is 17.7 Å². The van der Waals surface area contributed by atoms with Gasteiger partial charge in [0.05, 0.1) is 36.0 Å². The van der Waals surface area contributed by atoms with E-state index < -0.39 is 23.8 Å². The van der Waals surface area contributed by atoms with Crippen LogP contribution in [0.3, 0.4) is 0 Å². The number of benzene rings is 2. The van der Waals surface area contributed by atoms with Crippen molar-refractivity contribution >= 4 is 35.0 Å². The number of ether oxygens (including phenoxy) is 1. The van der Waals surface area contributed by atoms with Crippen LogP contribution in [0.2, 0.25) is 0 Å². The van der Waals surface area contributed by atoms with Crippen LogP contribution >= 0.6 is 0 Å². The van der Waals surface area contributed by atoms with Gasteiger partial charge >= 0.3 is 6.18 Å². The van der Waals surface area contributed by atoms with E-state index in [0.29, 0.717) is 36.1 Å². The minimum absolute atomic E-state index is 0.151. The molecular formula is C30H31F3N6O3. The zero-order valence-corrected chi connectivity index (χ0v) is 22.6. The molecule has 9 nitrogen and oxygen atoms in total. The van der Waals surface area contributed by atoms with E-state index in [1.54, 1.807) is 54.6 Å². The van der Waals surface area contributed by atoms with Crippen LogP contribution in [0.1, 0.15) is 29.3 Å². The maximum absolute atomic E-state index is 13.3. The molecule has 2 unspecified atom stereocenters. The van der Waals surface area contributed by atoms with Gasteiger partial charge in [-0.1, -0.05) is 36.4 Å². The van der Waals surface area contributed by atoms with E-state index in [1.165, 1.54) is 12.1 Å². The summed E-state index contributed by atoms with van der Waals surface area (Å²) in [6.07, 6.45) is 0.707. The van der Waals surface area contributed by atoms with E-state index in [2.05, 4.69) is 25.8 Å². The molecule has 220 valence electrons. The Morgan fingerprint density at radius 1 is 1.10 bits per heavy atom. The number of likely N-dealkylation sites (tertiary alicyclic amines) is 1. The smallest absolute Gasteiger partial charge is 0.397 e. The summed E-state index contributed by atoms with van der Waals surface area (Å²) in [5, 5.41) is 8.68. The van der Waals surface area contributed by atoms with Crippen LogP contribution in [0, 0.1) is 0 Å². The van der Waals surface area contributed by atoms with Crippen LogP contribution in [-0.2, 0) is 20.5 Å². The van der Waals surface area contributed by atoms with Crippen molar-refractivity contribution in [2.75, 3.05) is 42.6 Å². The number of fused-ring (bicyclic) bond motifs is 2. The summed E-state index contributed by atoms with van der Waals surface area (Å²) < 4.78 is 44.3. The lowest BCUT2D eigenvalue weighted by molar-refractivity contribution is -0.141. The van der Waals surface area contributed by atoms with E-state index in [1.807, 2.05) is 0 Å². The molecule has 5 rings (SSSR count).